The molecule has 0 aliphatic carbocycles. The number of hydrogen-bond donors (Lipinski definition) is 1. The van der Waals surface area contributed by atoms with Crippen molar-refractivity contribution in [3.8, 4) is 0 Å². The molecule has 1 saturated heterocycles. The Kier molecular flexibility index (Phi) is 8.19. The molecule has 0 aromatic heterocycles. The van der Waals surface area contributed by atoms with Crippen LogP contribution in [-0.2, 0) is 17.1 Å². The third-order valence-corrected chi connectivity index (χ3v) is 6.45. The van der Waals surface area contributed by atoms with E-state index in [1.807, 2.05) is 24.3 Å². The zero-order valence-electron chi connectivity index (χ0n) is 15.9. The standard InChI is InChI=1S/C22H26ClFN2OS/c23-20-7-3-1-5-18(20)15-26-12-9-17(10-13-26)22(27)25-11-14-28-16-19-6-2-4-8-21(19)24/h1-8,17H,9-16H2,(H,25,27). The van der Waals surface area contributed by atoms with Crippen molar-refractivity contribution in [2.24, 2.45) is 5.92 Å². The lowest BCUT2D eigenvalue weighted by Crippen LogP contribution is -2.40. The van der Waals surface area contributed by atoms with E-state index < -0.39 is 0 Å². The normalized spacial score (nSPS) is 15.5. The number of thioether (sulfide) groups is 1. The molecule has 0 saturated carbocycles. The van der Waals surface area contributed by atoms with Crippen LogP contribution < -0.4 is 5.32 Å². The van der Waals surface area contributed by atoms with Crippen molar-refractivity contribution in [2.75, 3.05) is 25.4 Å². The molecule has 1 heterocycles. The Hall–Kier alpha value is -1.56. The average Bonchev–Trinajstić information content (AvgIpc) is 2.71. The fourth-order valence-corrected chi connectivity index (χ4v) is 4.45. The zero-order valence-corrected chi connectivity index (χ0v) is 17.4. The van der Waals surface area contributed by atoms with Crippen LogP contribution >= 0.6 is 23.4 Å². The van der Waals surface area contributed by atoms with Gasteiger partial charge in [-0.25, -0.2) is 4.39 Å². The lowest BCUT2D eigenvalue weighted by molar-refractivity contribution is -0.126. The van der Waals surface area contributed by atoms with E-state index in [-0.39, 0.29) is 17.6 Å². The Balaban J connectivity index is 1.32. The van der Waals surface area contributed by atoms with E-state index in [0.29, 0.717) is 17.9 Å². The Morgan fingerprint density at radius 2 is 1.79 bits per heavy atom. The molecule has 0 atom stereocenters. The lowest BCUT2D eigenvalue weighted by atomic mass is 9.95. The lowest BCUT2D eigenvalue weighted by Gasteiger charge is -2.31. The first-order valence-electron chi connectivity index (χ1n) is 9.68. The average molecular weight is 421 g/mol. The summed E-state index contributed by atoms with van der Waals surface area (Å²) in [4.78, 5) is 14.7. The fourth-order valence-electron chi connectivity index (χ4n) is 3.41. The molecule has 0 radical (unpaired) electrons. The fraction of sp³-hybridized carbons (Fsp3) is 0.409. The van der Waals surface area contributed by atoms with Crippen molar-refractivity contribution in [1.29, 1.82) is 0 Å². The van der Waals surface area contributed by atoms with Crippen LogP contribution in [0.2, 0.25) is 5.02 Å². The number of halogens is 2. The van der Waals surface area contributed by atoms with Crippen molar-refractivity contribution in [1.82, 2.24) is 10.2 Å². The largest absolute Gasteiger partial charge is 0.355 e. The molecule has 0 bridgehead atoms. The minimum atomic E-state index is -0.164. The third-order valence-electron chi connectivity index (χ3n) is 5.07. The maximum atomic E-state index is 13.6. The van der Waals surface area contributed by atoms with Gasteiger partial charge in [-0.1, -0.05) is 48.0 Å². The molecule has 0 spiro atoms. The topological polar surface area (TPSA) is 32.3 Å². The Morgan fingerprint density at radius 1 is 1.11 bits per heavy atom. The van der Waals surface area contributed by atoms with Crippen LogP contribution in [0.1, 0.15) is 24.0 Å². The molecule has 1 aliphatic heterocycles. The molecule has 3 nitrogen and oxygen atoms in total. The van der Waals surface area contributed by atoms with Gasteiger partial charge in [0.2, 0.25) is 5.91 Å². The number of carbonyl (C=O) groups excluding carboxylic acids is 1. The Labute approximate surface area is 175 Å². The smallest absolute Gasteiger partial charge is 0.223 e. The summed E-state index contributed by atoms with van der Waals surface area (Å²) in [5, 5.41) is 3.83. The van der Waals surface area contributed by atoms with Crippen LogP contribution in [0, 0.1) is 11.7 Å². The van der Waals surface area contributed by atoms with Gasteiger partial charge in [-0.2, -0.15) is 11.8 Å². The van der Waals surface area contributed by atoms with E-state index in [4.69, 9.17) is 11.6 Å². The highest BCUT2D eigenvalue weighted by atomic mass is 35.5. The highest BCUT2D eigenvalue weighted by molar-refractivity contribution is 7.98. The number of rotatable bonds is 8. The van der Waals surface area contributed by atoms with E-state index in [1.165, 1.54) is 6.07 Å². The zero-order chi connectivity index (χ0) is 19.8. The molecular formula is C22H26ClFN2OS. The molecule has 150 valence electrons. The first kappa shape index (κ1) is 21.2. The molecular weight excluding hydrogens is 395 g/mol. The Bertz CT molecular complexity index is 781. The van der Waals surface area contributed by atoms with Crippen LogP contribution in [-0.4, -0.2) is 36.2 Å². The SMILES string of the molecule is O=C(NCCSCc1ccccc1F)C1CCN(Cc2ccccc2Cl)CC1. The van der Waals surface area contributed by atoms with Gasteiger partial charge in [0.25, 0.3) is 0 Å². The van der Waals surface area contributed by atoms with Gasteiger partial charge >= 0.3 is 0 Å². The van der Waals surface area contributed by atoms with Crippen molar-refractivity contribution in [3.63, 3.8) is 0 Å². The second-order valence-electron chi connectivity index (χ2n) is 7.08. The van der Waals surface area contributed by atoms with Crippen molar-refractivity contribution in [3.05, 3.63) is 70.5 Å². The van der Waals surface area contributed by atoms with Crippen molar-refractivity contribution >= 4 is 29.3 Å². The first-order chi connectivity index (χ1) is 13.6. The molecule has 1 fully saturated rings. The van der Waals surface area contributed by atoms with Gasteiger partial charge in [0, 0.05) is 35.5 Å². The summed E-state index contributed by atoms with van der Waals surface area (Å²) in [6.45, 7) is 3.27. The van der Waals surface area contributed by atoms with E-state index in [2.05, 4.69) is 16.3 Å². The monoisotopic (exact) mass is 420 g/mol. The number of benzene rings is 2. The predicted molar refractivity (Wildman–Crippen MR) is 115 cm³/mol. The van der Waals surface area contributed by atoms with Crippen LogP contribution in [0.25, 0.3) is 0 Å². The number of likely N-dealkylation sites (tertiary alicyclic amines) is 1. The maximum Gasteiger partial charge on any atom is 0.223 e. The second-order valence-corrected chi connectivity index (χ2v) is 8.59. The number of nitrogens with one attached hydrogen (secondary N) is 1. The molecule has 28 heavy (non-hydrogen) atoms. The molecule has 3 rings (SSSR count). The molecule has 2 aromatic carbocycles. The minimum absolute atomic E-state index is 0.0825. The third kappa shape index (κ3) is 6.23. The predicted octanol–water partition coefficient (Wildman–Crippen LogP) is 4.74. The molecule has 1 aliphatic rings. The van der Waals surface area contributed by atoms with Crippen LogP contribution in [0.15, 0.2) is 48.5 Å². The van der Waals surface area contributed by atoms with Gasteiger partial charge in [-0.05, 0) is 49.2 Å². The van der Waals surface area contributed by atoms with Crippen LogP contribution in [0.4, 0.5) is 4.39 Å². The van der Waals surface area contributed by atoms with Gasteiger partial charge in [0.1, 0.15) is 5.82 Å². The van der Waals surface area contributed by atoms with Crippen LogP contribution in [0.3, 0.4) is 0 Å². The van der Waals surface area contributed by atoms with Crippen molar-refractivity contribution < 1.29 is 9.18 Å². The summed E-state index contributed by atoms with van der Waals surface area (Å²) in [5.41, 5.74) is 1.85. The molecule has 1 N–H and O–H groups in total. The van der Waals surface area contributed by atoms with Gasteiger partial charge in [-0.15, -0.1) is 0 Å². The number of nitrogens with zero attached hydrogens (tertiary/aromatic N) is 1. The van der Waals surface area contributed by atoms with Crippen molar-refractivity contribution in [2.45, 2.75) is 25.1 Å². The van der Waals surface area contributed by atoms with E-state index in [0.717, 1.165) is 48.8 Å². The summed E-state index contributed by atoms with van der Waals surface area (Å²) in [6.07, 6.45) is 1.75. The maximum absolute atomic E-state index is 13.6. The van der Waals surface area contributed by atoms with Gasteiger partial charge in [0.15, 0.2) is 0 Å². The number of carbonyl (C=O) groups is 1. The number of hydrogen-bond acceptors (Lipinski definition) is 3. The second kappa shape index (κ2) is 10.8. The summed E-state index contributed by atoms with van der Waals surface area (Å²) < 4.78 is 13.6. The number of piperidine rings is 1. The van der Waals surface area contributed by atoms with E-state index in [9.17, 15) is 9.18 Å². The molecule has 1 amide bonds. The number of amides is 1. The summed E-state index contributed by atoms with van der Waals surface area (Å²) >= 11 is 7.88. The van der Waals surface area contributed by atoms with Gasteiger partial charge < -0.3 is 5.32 Å². The summed E-state index contributed by atoms with van der Waals surface area (Å²) in [5.74, 6) is 1.47. The van der Waals surface area contributed by atoms with Gasteiger partial charge in [-0.3, -0.25) is 9.69 Å². The Morgan fingerprint density at radius 3 is 2.50 bits per heavy atom. The molecule has 2 aromatic rings. The first-order valence-corrected chi connectivity index (χ1v) is 11.2. The van der Waals surface area contributed by atoms with E-state index in [1.54, 1.807) is 23.9 Å². The quantitative estimate of drug-likeness (QED) is 0.626. The summed E-state index contributed by atoms with van der Waals surface area (Å²) in [7, 11) is 0. The highest BCUT2D eigenvalue weighted by Gasteiger charge is 2.24. The highest BCUT2D eigenvalue weighted by Crippen LogP contribution is 2.22. The molecule has 0 unspecified atom stereocenters. The van der Waals surface area contributed by atoms with Gasteiger partial charge in [0.05, 0.1) is 0 Å². The van der Waals surface area contributed by atoms with Crippen LogP contribution in [0.5, 0.6) is 0 Å². The van der Waals surface area contributed by atoms with E-state index >= 15 is 0 Å². The summed E-state index contributed by atoms with van der Waals surface area (Å²) in [6, 6.07) is 14.7. The molecule has 6 heteroatoms. The minimum Gasteiger partial charge on any atom is -0.355 e.